The second-order valence-electron chi connectivity index (χ2n) is 7.28. The van der Waals surface area contributed by atoms with E-state index in [0.29, 0.717) is 34.6 Å². The molecule has 3 aliphatic rings. The summed E-state index contributed by atoms with van der Waals surface area (Å²) in [5.41, 5.74) is 3.40. The molecule has 0 aromatic heterocycles. The van der Waals surface area contributed by atoms with E-state index in [4.69, 9.17) is 16.3 Å². The number of likely N-dealkylation sites (N-methyl/N-ethyl adjacent to an activating group) is 2. The van der Waals surface area contributed by atoms with Gasteiger partial charge in [-0.05, 0) is 27.0 Å². The highest BCUT2D eigenvalue weighted by molar-refractivity contribution is 6.31. The van der Waals surface area contributed by atoms with Crippen molar-refractivity contribution < 1.29 is 9.13 Å². The number of benzene rings is 1. The molecule has 134 valence electrons. The van der Waals surface area contributed by atoms with Crippen LogP contribution in [0.3, 0.4) is 0 Å². The lowest BCUT2D eigenvalue weighted by Gasteiger charge is -2.50. The van der Waals surface area contributed by atoms with Gasteiger partial charge in [-0.25, -0.2) is 4.39 Å². The fourth-order valence-corrected chi connectivity index (χ4v) is 4.17. The van der Waals surface area contributed by atoms with Crippen LogP contribution in [-0.2, 0) is 4.74 Å². The van der Waals surface area contributed by atoms with Gasteiger partial charge in [0.2, 0.25) is 0 Å². The quantitative estimate of drug-likeness (QED) is 0.702. The Bertz CT molecular complexity index is 806. The third-order valence-corrected chi connectivity index (χ3v) is 6.15. The molecule has 0 radical (unpaired) electrons. The maximum atomic E-state index is 15.0. The molecule has 2 unspecified atom stereocenters. The Balaban J connectivity index is 1.93. The standard InChI is InChI=1S/C19H23ClFN3O/c1-10-7-24-13(8-22(10)4)9-25-19-12(3)23(5)17-14(18(19)24)6-15(20)11(2)16(17)21/h6,10,13H,3,7-9H2,1-2,4-5H3. The first-order valence-electron chi connectivity index (χ1n) is 8.57. The molecule has 0 saturated carbocycles. The summed E-state index contributed by atoms with van der Waals surface area (Å²) >= 11 is 6.32. The van der Waals surface area contributed by atoms with Crippen molar-refractivity contribution in [3.8, 4) is 0 Å². The number of nitrogens with zero attached hydrogens (tertiary/aromatic N) is 3. The van der Waals surface area contributed by atoms with Crippen LogP contribution in [0.4, 0.5) is 10.1 Å². The van der Waals surface area contributed by atoms with E-state index < -0.39 is 0 Å². The van der Waals surface area contributed by atoms with E-state index >= 15 is 4.39 Å². The van der Waals surface area contributed by atoms with E-state index in [1.807, 2.05) is 13.1 Å². The SMILES string of the molecule is C=C1C2=C(c3cc(Cl)c(C)c(F)c3N1C)N1CC(C)N(C)CC1CO2. The number of ether oxygens (including phenoxy) is 1. The van der Waals surface area contributed by atoms with Crippen molar-refractivity contribution in [1.29, 1.82) is 0 Å². The summed E-state index contributed by atoms with van der Waals surface area (Å²) in [7, 11) is 3.96. The number of fused-ring (bicyclic) bond motifs is 4. The van der Waals surface area contributed by atoms with Crippen LogP contribution in [0.2, 0.25) is 5.02 Å². The first-order valence-corrected chi connectivity index (χ1v) is 8.95. The van der Waals surface area contributed by atoms with E-state index in [1.165, 1.54) is 0 Å². The summed E-state index contributed by atoms with van der Waals surface area (Å²) < 4.78 is 21.1. The van der Waals surface area contributed by atoms with Crippen LogP contribution in [0.5, 0.6) is 0 Å². The van der Waals surface area contributed by atoms with Gasteiger partial charge in [-0.1, -0.05) is 18.2 Å². The van der Waals surface area contributed by atoms with Crippen LogP contribution >= 0.6 is 11.6 Å². The third kappa shape index (κ3) is 2.29. The summed E-state index contributed by atoms with van der Waals surface area (Å²) in [6.45, 7) is 10.5. The number of rotatable bonds is 0. The minimum atomic E-state index is -0.290. The first-order chi connectivity index (χ1) is 11.8. The van der Waals surface area contributed by atoms with Crippen molar-refractivity contribution in [2.45, 2.75) is 25.9 Å². The average Bonchev–Trinajstić information content (AvgIpc) is 2.57. The minimum absolute atomic E-state index is 0.243. The Hall–Kier alpha value is -1.72. The molecule has 25 heavy (non-hydrogen) atoms. The third-order valence-electron chi connectivity index (χ3n) is 5.75. The van der Waals surface area contributed by atoms with Gasteiger partial charge in [0.1, 0.15) is 6.61 Å². The van der Waals surface area contributed by atoms with Gasteiger partial charge in [0.05, 0.1) is 23.1 Å². The van der Waals surface area contributed by atoms with Crippen molar-refractivity contribution in [3.05, 3.63) is 46.1 Å². The van der Waals surface area contributed by atoms with Crippen LogP contribution < -0.4 is 4.90 Å². The van der Waals surface area contributed by atoms with Crippen LogP contribution in [0.1, 0.15) is 18.1 Å². The Morgan fingerprint density at radius 3 is 2.76 bits per heavy atom. The maximum Gasteiger partial charge on any atom is 0.166 e. The molecule has 4 nitrogen and oxygen atoms in total. The van der Waals surface area contributed by atoms with Gasteiger partial charge in [0.15, 0.2) is 11.6 Å². The lowest BCUT2D eigenvalue weighted by atomic mass is 9.94. The van der Waals surface area contributed by atoms with Crippen LogP contribution in [0.15, 0.2) is 24.1 Å². The summed E-state index contributed by atoms with van der Waals surface area (Å²) in [4.78, 5) is 6.46. The molecule has 0 amide bonds. The van der Waals surface area contributed by atoms with Crippen molar-refractivity contribution in [3.63, 3.8) is 0 Å². The Labute approximate surface area is 153 Å². The number of hydrogen-bond donors (Lipinski definition) is 0. The molecule has 3 aliphatic heterocycles. The lowest BCUT2D eigenvalue weighted by Crippen LogP contribution is -2.58. The molecular weight excluding hydrogens is 341 g/mol. The van der Waals surface area contributed by atoms with Gasteiger partial charge in [-0.3, -0.25) is 4.90 Å². The largest absolute Gasteiger partial charge is 0.487 e. The summed E-state index contributed by atoms with van der Waals surface area (Å²) in [6, 6.07) is 2.51. The van der Waals surface area contributed by atoms with Gasteiger partial charge >= 0.3 is 0 Å². The number of anilines is 1. The maximum absolute atomic E-state index is 15.0. The van der Waals surface area contributed by atoms with E-state index in [0.717, 1.165) is 30.1 Å². The van der Waals surface area contributed by atoms with Crippen molar-refractivity contribution in [1.82, 2.24) is 9.80 Å². The summed E-state index contributed by atoms with van der Waals surface area (Å²) in [5, 5.41) is 0.438. The molecule has 1 saturated heterocycles. The van der Waals surface area contributed by atoms with Gasteiger partial charge in [0, 0.05) is 42.3 Å². The van der Waals surface area contributed by atoms with Crippen molar-refractivity contribution >= 4 is 23.0 Å². The zero-order chi connectivity index (χ0) is 18.0. The molecule has 0 N–H and O–H groups in total. The molecule has 0 bridgehead atoms. The first kappa shape index (κ1) is 16.7. The molecule has 1 aromatic rings. The average molecular weight is 364 g/mol. The van der Waals surface area contributed by atoms with Crippen LogP contribution in [0.25, 0.3) is 5.70 Å². The number of hydrogen-bond acceptors (Lipinski definition) is 4. The molecule has 6 heteroatoms. The number of piperazine rings is 1. The zero-order valence-electron chi connectivity index (χ0n) is 15.1. The van der Waals surface area contributed by atoms with Gasteiger partial charge in [-0.2, -0.15) is 0 Å². The molecule has 2 atom stereocenters. The summed E-state index contributed by atoms with van der Waals surface area (Å²) in [5.74, 6) is 0.448. The Morgan fingerprint density at radius 1 is 1.32 bits per heavy atom. The molecular formula is C19H23ClFN3O. The van der Waals surface area contributed by atoms with E-state index in [2.05, 4.69) is 30.4 Å². The molecule has 0 spiro atoms. The van der Waals surface area contributed by atoms with E-state index in [-0.39, 0.29) is 11.9 Å². The van der Waals surface area contributed by atoms with Crippen molar-refractivity contribution in [2.24, 2.45) is 0 Å². The van der Waals surface area contributed by atoms with Crippen LogP contribution in [-0.4, -0.2) is 55.7 Å². The highest BCUT2D eigenvalue weighted by atomic mass is 35.5. The fraction of sp³-hybridized carbons (Fsp3) is 0.474. The Morgan fingerprint density at radius 2 is 2.04 bits per heavy atom. The monoisotopic (exact) mass is 363 g/mol. The summed E-state index contributed by atoms with van der Waals surface area (Å²) in [6.07, 6.45) is 0. The number of halogens is 2. The van der Waals surface area contributed by atoms with Gasteiger partial charge in [-0.15, -0.1) is 0 Å². The molecule has 3 heterocycles. The normalized spacial score (nSPS) is 26.2. The fourth-order valence-electron chi connectivity index (χ4n) is 3.98. The predicted octanol–water partition coefficient (Wildman–Crippen LogP) is 3.45. The zero-order valence-corrected chi connectivity index (χ0v) is 15.8. The highest BCUT2D eigenvalue weighted by Crippen LogP contribution is 2.47. The van der Waals surface area contributed by atoms with Gasteiger partial charge < -0.3 is 14.5 Å². The van der Waals surface area contributed by atoms with E-state index in [1.54, 1.807) is 11.8 Å². The predicted molar refractivity (Wildman–Crippen MR) is 99.1 cm³/mol. The second-order valence-corrected chi connectivity index (χ2v) is 7.69. The smallest absolute Gasteiger partial charge is 0.166 e. The molecule has 1 aromatic carbocycles. The lowest BCUT2D eigenvalue weighted by molar-refractivity contribution is 0.0281. The van der Waals surface area contributed by atoms with Gasteiger partial charge in [0.25, 0.3) is 0 Å². The van der Waals surface area contributed by atoms with Crippen LogP contribution in [0, 0.1) is 12.7 Å². The van der Waals surface area contributed by atoms with E-state index in [9.17, 15) is 0 Å². The molecule has 0 aliphatic carbocycles. The minimum Gasteiger partial charge on any atom is -0.487 e. The topological polar surface area (TPSA) is 19.0 Å². The molecule has 4 rings (SSSR count). The highest BCUT2D eigenvalue weighted by Gasteiger charge is 2.42. The molecule has 1 fully saturated rings. The second kappa shape index (κ2) is 5.64. The Kier molecular flexibility index (Phi) is 3.78. The van der Waals surface area contributed by atoms with Crippen molar-refractivity contribution in [2.75, 3.05) is 38.7 Å².